The first kappa shape index (κ1) is 21.0. The van der Waals surface area contributed by atoms with Gasteiger partial charge in [-0.1, -0.05) is 35.9 Å². The van der Waals surface area contributed by atoms with Gasteiger partial charge in [-0.3, -0.25) is 4.72 Å². The van der Waals surface area contributed by atoms with Gasteiger partial charge in [-0.05, 0) is 17.7 Å². The number of anilines is 2. The lowest BCUT2D eigenvalue weighted by Crippen LogP contribution is -2.15. The van der Waals surface area contributed by atoms with Crippen molar-refractivity contribution in [3.63, 3.8) is 0 Å². The quantitative estimate of drug-likeness (QED) is 0.419. The van der Waals surface area contributed by atoms with Crippen LogP contribution in [-0.4, -0.2) is 28.1 Å². The van der Waals surface area contributed by atoms with E-state index >= 15 is 4.39 Å². The molecule has 4 N–H and O–H groups in total. The van der Waals surface area contributed by atoms with Crippen LogP contribution in [0.25, 0.3) is 22.2 Å². The summed E-state index contributed by atoms with van der Waals surface area (Å²) in [5, 5.41) is 9.66. The normalized spacial score (nSPS) is 11.7. The summed E-state index contributed by atoms with van der Waals surface area (Å²) in [6.07, 6.45) is 2.96. The molecule has 0 aliphatic heterocycles. The van der Waals surface area contributed by atoms with Crippen LogP contribution in [0.4, 0.5) is 15.9 Å². The fourth-order valence-electron chi connectivity index (χ4n) is 3.34. The Bertz CT molecular complexity index is 1420. The Morgan fingerprint density at radius 1 is 1.19 bits per heavy atom. The molecule has 2 heterocycles. The molecule has 0 atom stereocenters. The van der Waals surface area contributed by atoms with Crippen LogP contribution in [0.15, 0.2) is 53.8 Å². The molecule has 0 unspecified atom stereocenters. The lowest BCUT2D eigenvalue weighted by Gasteiger charge is -2.13. The standard InChI is InChI=1S/C20H17ClFN5O3S/c1-27-8-13(16-19(23)24-10-25-20(16)27)12-5-3-6-14(18(12)22)26-31(29,30)15-7-2-4-11(9-28)17(15)21/h2-8,10,26,28H,9H2,1H3,(H2,23,24,25). The second-order valence-corrected chi connectivity index (χ2v) is 8.80. The zero-order valence-corrected chi connectivity index (χ0v) is 17.7. The highest BCUT2D eigenvalue weighted by Gasteiger charge is 2.23. The van der Waals surface area contributed by atoms with Crippen molar-refractivity contribution in [3.8, 4) is 11.1 Å². The van der Waals surface area contributed by atoms with Gasteiger partial charge in [0, 0.05) is 24.4 Å². The van der Waals surface area contributed by atoms with Gasteiger partial charge in [0.25, 0.3) is 10.0 Å². The second-order valence-electron chi connectivity index (χ2n) is 6.77. The Balaban J connectivity index is 1.82. The first-order chi connectivity index (χ1) is 14.7. The molecule has 4 aromatic rings. The number of nitrogens with one attached hydrogen (secondary N) is 1. The van der Waals surface area contributed by atoms with Crippen LogP contribution in [0.1, 0.15) is 5.56 Å². The molecule has 0 spiro atoms. The number of nitrogens with two attached hydrogens (primary N) is 1. The third kappa shape index (κ3) is 3.58. The molecular weight excluding hydrogens is 445 g/mol. The molecule has 0 fully saturated rings. The van der Waals surface area contributed by atoms with Gasteiger partial charge in [0.15, 0.2) is 5.82 Å². The maximum atomic E-state index is 15.4. The number of rotatable bonds is 5. The van der Waals surface area contributed by atoms with Gasteiger partial charge in [0.05, 0.1) is 22.7 Å². The number of nitrogens with zero attached hydrogens (tertiary/aromatic N) is 3. The van der Waals surface area contributed by atoms with Crippen molar-refractivity contribution in [2.45, 2.75) is 11.5 Å². The molecule has 0 aliphatic carbocycles. The average molecular weight is 462 g/mol. The van der Waals surface area contributed by atoms with E-state index in [1.54, 1.807) is 17.8 Å². The largest absolute Gasteiger partial charge is 0.392 e. The number of aliphatic hydroxyl groups is 1. The highest BCUT2D eigenvalue weighted by atomic mass is 35.5. The molecule has 0 amide bonds. The van der Waals surface area contributed by atoms with E-state index in [1.165, 1.54) is 42.7 Å². The first-order valence-corrected chi connectivity index (χ1v) is 10.9. The summed E-state index contributed by atoms with van der Waals surface area (Å²) in [7, 11) is -2.50. The predicted molar refractivity (Wildman–Crippen MR) is 116 cm³/mol. The molecule has 11 heteroatoms. The number of benzene rings is 2. The maximum Gasteiger partial charge on any atom is 0.263 e. The summed E-state index contributed by atoms with van der Waals surface area (Å²) >= 11 is 6.11. The van der Waals surface area contributed by atoms with Gasteiger partial charge in [-0.2, -0.15) is 0 Å². The SMILES string of the molecule is Cn1cc(-c2cccc(NS(=O)(=O)c3cccc(CO)c3Cl)c2F)c2c(N)ncnc21. The van der Waals surface area contributed by atoms with E-state index in [2.05, 4.69) is 14.7 Å². The van der Waals surface area contributed by atoms with Crippen LogP contribution in [0.3, 0.4) is 0 Å². The number of halogens is 2. The number of aryl methyl sites for hydroxylation is 1. The minimum atomic E-state index is -4.23. The average Bonchev–Trinajstić information content (AvgIpc) is 3.07. The van der Waals surface area contributed by atoms with Crippen LogP contribution in [0.2, 0.25) is 5.02 Å². The number of aliphatic hydroxyl groups excluding tert-OH is 1. The van der Waals surface area contributed by atoms with Gasteiger partial charge < -0.3 is 15.4 Å². The molecule has 0 radical (unpaired) electrons. The number of fused-ring (bicyclic) bond motifs is 1. The fourth-order valence-corrected chi connectivity index (χ4v) is 5.02. The monoisotopic (exact) mass is 461 g/mol. The minimum Gasteiger partial charge on any atom is -0.392 e. The molecule has 4 rings (SSSR count). The number of hydrogen-bond acceptors (Lipinski definition) is 6. The number of aromatic nitrogens is 3. The van der Waals surface area contributed by atoms with Crippen molar-refractivity contribution >= 4 is 44.2 Å². The fraction of sp³-hybridized carbons (Fsp3) is 0.100. The molecule has 160 valence electrons. The summed E-state index contributed by atoms with van der Waals surface area (Å²) in [6.45, 7) is -0.434. The first-order valence-electron chi connectivity index (χ1n) is 9.00. The van der Waals surface area contributed by atoms with Crippen molar-refractivity contribution in [3.05, 3.63) is 65.3 Å². The van der Waals surface area contributed by atoms with E-state index in [1.807, 2.05) is 0 Å². The molecule has 2 aromatic carbocycles. The highest BCUT2D eigenvalue weighted by molar-refractivity contribution is 7.92. The maximum absolute atomic E-state index is 15.4. The van der Waals surface area contributed by atoms with Crippen LogP contribution >= 0.6 is 11.6 Å². The van der Waals surface area contributed by atoms with E-state index in [-0.39, 0.29) is 32.6 Å². The van der Waals surface area contributed by atoms with Crippen LogP contribution < -0.4 is 10.5 Å². The smallest absolute Gasteiger partial charge is 0.263 e. The van der Waals surface area contributed by atoms with Gasteiger partial charge >= 0.3 is 0 Å². The van der Waals surface area contributed by atoms with Gasteiger partial charge in [-0.25, -0.2) is 22.8 Å². The Labute approximate surface area is 182 Å². The van der Waals surface area contributed by atoms with Crippen molar-refractivity contribution in [1.82, 2.24) is 14.5 Å². The zero-order valence-electron chi connectivity index (χ0n) is 16.2. The molecule has 31 heavy (non-hydrogen) atoms. The van der Waals surface area contributed by atoms with Gasteiger partial charge in [0.1, 0.15) is 22.7 Å². The Hall–Kier alpha value is -3.21. The molecule has 2 aromatic heterocycles. The van der Waals surface area contributed by atoms with Gasteiger partial charge in [-0.15, -0.1) is 0 Å². The summed E-state index contributed by atoms with van der Waals surface area (Å²) in [5.41, 5.74) is 7.02. The number of nitrogen functional groups attached to an aromatic ring is 1. The Morgan fingerprint density at radius 3 is 2.68 bits per heavy atom. The molecule has 0 bridgehead atoms. The van der Waals surface area contributed by atoms with Crippen molar-refractivity contribution in [2.75, 3.05) is 10.5 Å². The van der Waals surface area contributed by atoms with Crippen LogP contribution in [-0.2, 0) is 23.7 Å². The molecule has 8 nitrogen and oxygen atoms in total. The summed E-state index contributed by atoms with van der Waals surface area (Å²) < 4.78 is 45.1. The van der Waals surface area contributed by atoms with E-state index in [0.29, 0.717) is 16.6 Å². The third-order valence-corrected chi connectivity index (χ3v) is 6.79. The molecular formula is C20H17ClFN5O3S. The molecule has 0 saturated heterocycles. The zero-order chi connectivity index (χ0) is 22.3. The predicted octanol–water partition coefficient (Wildman–Crippen LogP) is 3.30. The number of sulfonamides is 1. The Morgan fingerprint density at radius 2 is 1.94 bits per heavy atom. The minimum absolute atomic E-state index is 0.127. The third-order valence-electron chi connectivity index (χ3n) is 4.82. The lowest BCUT2D eigenvalue weighted by atomic mass is 10.0. The van der Waals surface area contributed by atoms with Crippen LogP contribution in [0, 0.1) is 5.82 Å². The van der Waals surface area contributed by atoms with E-state index < -0.39 is 22.4 Å². The summed E-state index contributed by atoms with van der Waals surface area (Å²) in [4.78, 5) is 7.87. The topological polar surface area (TPSA) is 123 Å². The molecule has 0 aliphatic rings. The van der Waals surface area contributed by atoms with Crippen molar-refractivity contribution in [2.24, 2.45) is 7.05 Å². The van der Waals surface area contributed by atoms with Crippen molar-refractivity contribution in [1.29, 1.82) is 0 Å². The number of hydrogen-bond donors (Lipinski definition) is 3. The van der Waals surface area contributed by atoms with E-state index in [0.717, 1.165) is 0 Å². The lowest BCUT2D eigenvalue weighted by molar-refractivity contribution is 0.281. The highest BCUT2D eigenvalue weighted by Crippen LogP contribution is 2.36. The van der Waals surface area contributed by atoms with Gasteiger partial charge in [0.2, 0.25) is 0 Å². The molecule has 0 saturated carbocycles. The summed E-state index contributed by atoms with van der Waals surface area (Å²) in [5.74, 6) is -0.616. The second kappa shape index (κ2) is 7.80. The van der Waals surface area contributed by atoms with E-state index in [4.69, 9.17) is 17.3 Å². The summed E-state index contributed by atoms with van der Waals surface area (Å²) in [6, 6.07) is 8.53. The van der Waals surface area contributed by atoms with E-state index in [9.17, 15) is 13.5 Å². The van der Waals surface area contributed by atoms with Crippen LogP contribution in [0.5, 0.6) is 0 Å². The van der Waals surface area contributed by atoms with Crippen molar-refractivity contribution < 1.29 is 17.9 Å². The Kier molecular flexibility index (Phi) is 5.29.